The number of ether oxygens (including phenoxy) is 1. The topological polar surface area (TPSA) is 71.5 Å². The molecule has 0 saturated heterocycles. The second-order valence-electron chi connectivity index (χ2n) is 8.07. The van der Waals surface area contributed by atoms with Crippen molar-refractivity contribution in [1.82, 2.24) is 4.98 Å². The molecule has 32 heavy (non-hydrogen) atoms. The molecule has 0 aliphatic carbocycles. The van der Waals surface area contributed by atoms with Crippen LogP contribution in [0, 0.1) is 20.8 Å². The Labute approximate surface area is 192 Å². The number of hydrogen-bond donors (Lipinski definition) is 1. The van der Waals surface area contributed by atoms with Crippen LogP contribution >= 0.6 is 11.3 Å². The Bertz CT molecular complexity index is 1190. The fourth-order valence-corrected chi connectivity index (χ4v) is 4.46. The minimum Gasteiger partial charge on any atom is -0.478 e. The number of anilines is 2. The van der Waals surface area contributed by atoms with Gasteiger partial charge in [0, 0.05) is 16.6 Å². The number of rotatable bonds is 5. The summed E-state index contributed by atoms with van der Waals surface area (Å²) in [6.45, 7) is 9.58. The van der Waals surface area contributed by atoms with Gasteiger partial charge in [0.1, 0.15) is 11.8 Å². The van der Waals surface area contributed by atoms with E-state index < -0.39 is 12.1 Å². The Morgan fingerprint density at radius 3 is 2.72 bits per heavy atom. The second-order valence-corrected chi connectivity index (χ2v) is 9.13. The van der Waals surface area contributed by atoms with Crippen molar-refractivity contribution >= 4 is 34.5 Å². The van der Waals surface area contributed by atoms with Crippen LogP contribution in [0.4, 0.5) is 11.4 Å². The zero-order valence-corrected chi connectivity index (χ0v) is 19.7. The Kier molecular flexibility index (Phi) is 6.02. The number of carbonyl (C=O) groups is 2. The highest BCUT2D eigenvalue weighted by Gasteiger charge is 2.38. The number of aryl methyl sites for hydroxylation is 2. The molecule has 1 aliphatic rings. The third kappa shape index (κ3) is 4.00. The lowest BCUT2D eigenvalue weighted by molar-refractivity contribution is -0.129. The minimum absolute atomic E-state index is 0.213. The lowest BCUT2D eigenvalue weighted by atomic mass is 10.0. The molecule has 7 heteroatoms. The highest BCUT2D eigenvalue weighted by molar-refractivity contribution is 7.09. The summed E-state index contributed by atoms with van der Waals surface area (Å²) in [7, 11) is 0. The fraction of sp³-hybridized carbons (Fsp3) is 0.320. The van der Waals surface area contributed by atoms with Gasteiger partial charge >= 0.3 is 0 Å². The lowest BCUT2D eigenvalue weighted by Crippen LogP contribution is -2.53. The van der Waals surface area contributed by atoms with Gasteiger partial charge in [0.15, 0.2) is 6.10 Å². The van der Waals surface area contributed by atoms with Crippen LogP contribution in [0.2, 0.25) is 0 Å². The zero-order valence-electron chi connectivity index (χ0n) is 18.9. The summed E-state index contributed by atoms with van der Waals surface area (Å²) in [5, 5.41) is 5.95. The van der Waals surface area contributed by atoms with E-state index in [4.69, 9.17) is 4.74 Å². The summed E-state index contributed by atoms with van der Waals surface area (Å²) >= 11 is 1.57. The highest BCUT2D eigenvalue weighted by atomic mass is 32.1. The monoisotopic (exact) mass is 449 g/mol. The van der Waals surface area contributed by atoms with E-state index in [-0.39, 0.29) is 11.8 Å². The molecule has 0 bridgehead atoms. The maximum atomic E-state index is 13.3. The van der Waals surface area contributed by atoms with E-state index in [1.807, 2.05) is 69.5 Å². The quantitative estimate of drug-likeness (QED) is 0.576. The van der Waals surface area contributed by atoms with Crippen molar-refractivity contribution in [3.8, 4) is 17.0 Å². The van der Waals surface area contributed by atoms with Gasteiger partial charge in [0.2, 0.25) is 5.91 Å². The number of fused-ring (bicyclic) bond motifs is 1. The summed E-state index contributed by atoms with van der Waals surface area (Å²) in [5.74, 6) is 0.137. The summed E-state index contributed by atoms with van der Waals surface area (Å²) in [5.41, 5.74) is 5.17. The molecule has 1 aromatic heterocycles. The second kappa shape index (κ2) is 8.74. The molecule has 4 rings (SSSR count). The number of carbonyl (C=O) groups excluding carboxylic acids is 2. The van der Waals surface area contributed by atoms with Crippen LogP contribution in [-0.2, 0) is 9.59 Å². The van der Waals surface area contributed by atoms with Gasteiger partial charge in [-0.25, -0.2) is 4.98 Å². The maximum absolute atomic E-state index is 13.3. The normalized spacial score (nSPS) is 16.3. The molecule has 1 aliphatic heterocycles. The summed E-state index contributed by atoms with van der Waals surface area (Å²) in [6.07, 6.45) is -0.0986. The average molecular weight is 450 g/mol. The number of thiazole rings is 1. The molecule has 3 aromatic rings. The molecular weight excluding hydrogens is 422 g/mol. The van der Waals surface area contributed by atoms with Crippen molar-refractivity contribution in [1.29, 1.82) is 0 Å². The number of aromatic nitrogens is 1. The molecule has 6 nitrogen and oxygen atoms in total. The summed E-state index contributed by atoms with van der Waals surface area (Å²) < 4.78 is 5.96. The Balaban J connectivity index is 1.70. The first-order valence-corrected chi connectivity index (χ1v) is 11.6. The van der Waals surface area contributed by atoms with Gasteiger partial charge in [-0.15, -0.1) is 11.3 Å². The number of nitrogens with zero attached hydrogens (tertiary/aromatic N) is 2. The average Bonchev–Trinajstić information content (AvgIpc) is 3.22. The molecule has 0 radical (unpaired) electrons. The highest BCUT2D eigenvalue weighted by Crippen LogP contribution is 2.39. The first-order valence-electron chi connectivity index (χ1n) is 10.7. The standard InChI is InChI=1S/C25H27N3O3S/c1-6-22-25(30)28(16(4)24(29)27-19-9-7-8-14(2)15(19)3)21-12-18(10-11-23(21)31-22)20-13-32-17(5)26-20/h7-13,16,22H,6H2,1-5H3,(H,27,29). The van der Waals surface area contributed by atoms with Crippen LogP contribution in [0.5, 0.6) is 5.75 Å². The molecule has 0 saturated carbocycles. The molecule has 2 aromatic carbocycles. The molecule has 166 valence electrons. The zero-order chi connectivity index (χ0) is 23.0. The van der Waals surface area contributed by atoms with E-state index >= 15 is 0 Å². The SMILES string of the molecule is CCC1Oc2ccc(-c3csc(C)n3)cc2N(C(C)C(=O)Nc2cccc(C)c2C)C1=O. The van der Waals surface area contributed by atoms with Crippen molar-refractivity contribution in [3.05, 3.63) is 57.9 Å². The van der Waals surface area contributed by atoms with Gasteiger partial charge in [-0.3, -0.25) is 14.5 Å². The fourth-order valence-electron chi connectivity index (χ4n) is 3.84. The molecule has 2 atom stereocenters. The molecular formula is C25H27N3O3S. The van der Waals surface area contributed by atoms with E-state index in [0.717, 1.165) is 33.1 Å². The van der Waals surface area contributed by atoms with Crippen molar-refractivity contribution in [2.75, 3.05) is 10.2 Å². The number of benzene rings is 2. The first-order chi connectivity index (χ1) is 15.3. The predicted molar refractivity (Wildman–Crippen MR) is 128 cm³/mol. The van der Waals surface area contributed by atoms with Crippen molar-refractivity contribution < 1.29 is 14.3 Å². The minimum atomic E-state index is -0.716. The summed E-state index contributed by atoms with van der Waals surface area (Å²) in [6, 6.07) is 10.8. The number of amides is 2. The van der Waals surface area contributed by atoms with E-state index in [1.165, 1.54) is 0 Å². The van der Waals surface area contributed by atoms with Crippen LogP contribution in [0.1, 0.15) is 36.4 Å². The van der Waals surface area contributed by atoms with Crippen LogP contribution in [0.15, 0.2) is 41.8 Å². The van der Waals surface area contributed by atoms with E-state index in [0.29, 0.717) is 17.9 Å². The van der Waals surface area contributed by atoms with Gasteiger partial charge < -0.3 is 10.1 Å². The molecule has 2 heterocycles. The van der Waals surface area contributed by atoms with E-state index in [1.54, 1.807) is 23.2 Å². The Hall–Kier alpha value is -3.19. The van der Waals surface area contributed by atoms with E-state index in [9.17, 15) is 9.59 Å². The van der Waals surface area contributed by atoms with Crippen LogP contribution in [0.25, 0.3) is 11.3 Å². The molecule has 0 fully saturated rings. The molecule has 2 amide bonds. The maximum Gasteiger partial charge on any atom is 0.268 e. The van der Waals surface area contributed by atoms with Crippen molar-refractivity contribution in [2.45, 2.75) is 53.2 Å². The largest absolute Gasteiger partial charge is 0.478 e. The van der Waals surface area contributed by atoms with Crippen molar-refractivity contribution in [3.63, 3.8) is 0 Å². The third-order valence-electron chi connectivity index (χ3n) is 5.92. The molecule has 0 spiro atoms. The van der Waals surface area contributed by atoms with Crippen molar-refractivity contribution in [2.24, 2.45) is 0 Å². The van der Waals surface area contributed by atoms with Gasteiger partial charge in [-0.2, -0.15) is 0 Å². The smallest absolute Gasteiger partial charge is 0.268 e. The Morgan fingerprint density at radius 1 is 1.25 bits per heavy atom. The van der Waals surface area contributed by atoms with Gasteiger partial charge in [0.25, 0.3) is 5.91 Å². The molecule has 1 N–H and O–H groups in total. The van der Waals surface area contributed by atoms with Gasteiger partial charge in [-0.05, 0) is 69.5 Å². The molecule has 2 unspecified atom stereocenters. The number of hydrogen-bond acceptors (Lipinski definition) is 5. The summed E-state index contributed by atoms with van der Waals surface area (Å²) in [4.78, 5) is 32.6. The lowest BCUT2D eigenvalue weighted by Gasteiger charge is -2.37. The number of nitrogens with one attached hydrogen (secondary N) is 1. The third-order valence-corrected chi connectivity index (χ3v) is 6.69. The van der Waals surface area contributed by atoms with Gasteiger partial charge in [-0.1, -0.05) is 19.1 Å². The van der Waals surface area contributed by atoms with E-state index in [2.05, 4.69) is 10.3 Å². The first kappa shape index (κ1) is 22.0. The van der Waals surface area contributed by atoms with Gasteiger partial charge in [0.05, 0.1) is 16.4 Å². The van der Waals surface area contributed by atoms with Crippen LogP contribution in [0.3, 0.4) is 0 Å². The predicted octanol–water partition coefficient (Wildman–Crippen LogP) is 5.27. The van der Waals surface area contributed by atoms with Crippen LogP contribution < -0.4 is 15.0 Å². The van der Waals surface area contributed by atoms with Crippen LogP contribution in [-0.4, -0.2) is 28.9 Å². The Morgan fingerprint density at radius 2 is 2.03 bits per heavy atom.